The molecule has 41 heavy (non-hydrogen) atoms. The molecule has 0 aliphatic carbocycles. The van der Waals surface area contributed by atoms with Gasteiger partial charge in [0.25, 0.3) is 10.0 Å². The van der Waals surface area contributed by atoms with E-state index in [-0.39, 0.29) is 47.8 Å². The van der Waals surface area contributed by atoms with E-state index in [9.17, 15) is 27.5 Å². The Hall–Kier alpha value is -3.68. The molecule has 220 valence electrons. The standard InChI is InChI=1S/C28H33FN4O6S2/c1-18-15-33(19(2)17-34)26(35)14-20-13-23(31-41(37,38)27-5-4-12-40-27)10-11-24(20)39-25(18)16-32(3)28(36)30-22-8-6-21(29)7-9-22/h4-13,18-19,25,31,34H,14-17H2,1-3H3,(H,30,36)/t18-,19+,25-/m1/s1. The Balaban J connectivity index is 1.60. The number of carbonyl (C=O) groups is 2. The van der Waals surface area contributed by atoms with Gasteiger partial charge >= 0.3 is 6.03 Å². The number of sulfonamides is 1. The Morgan fingerprint density at radius 2 is 1.93 bits per heavy atom. The van der Waals surface area contributed by atoms with Gasteiger partial charge < -0.3 is 25.0 Å². The van der Waals surface area contributed by atoms with Crippen molar-refractivity contribution in [1.29, 1.82) is 0 Å². The third-order valence-corrected chi connectivity index (χ3v) is 9.60. The Labute approximate surface area is 242 Å². The van der Waals surface area contributed by atoms with E-state index in [0.29, 0.717) is 17.0 Å². The summed E-state index contributed by atoms with van der Waals surface area (Å²) in [4.78, 5) is 29.3. The predicted molar refractivity (Wildman–Crippen MR) is 155 cm³/mol. The summed E-state index contributed by atoms with van der Waals surface area (Å²) in [6, 6.07) is 12.4. The Morgan fingerprint density at radius 1 is 1.22 bits per heavy atom. The van der Waals surface area contributed by atoms with Crippen LogP contribution < -0.4 is 14.8 Å². The van der Waals surface area contributed by atoms with Gasteiger partial charge in [-0.2, -0.15) is 0 Å². The second-order valence-electron chi connectivity index (χ2n) is 10.1. The lowest BCUT2D eigenvalue weighted by Gasteiger charge is -2.34. The number of carbonyl (C=O) groups excluding carboxylic acids is 2. The van der Waals surface area contributed by atoms with Crippen LogP contribution in [0.15, 0.2) is 64.2 Å². The highest BCUT2D eigenvalue weighted by Crippen LogP contribution is 2.30. The molecule has 0 saturated carbocycles. The summed E-state index contributed by atoms with van der Waals surface area (Å²) in [5, 5.41) is 14.2. The monoisotopic (exact) mass is 604 g/mol. The van der Waals surface area contributed by atoms with E-state index in [2.05, 4.69) is 10.0 Å². The minimum absolute atomic E-state index is 0.0748. The van der Waals surface area contributed by atoms with E-state index in [4.69, 9.17) is 4.74 Å². The first-order valence-corrected chi connectivity index (χ1v) is 15.4. The maximum atomic E-state index is 13.4. The molecule has 0 unspecified atom stereocenters. The Kier molecular flexibility index (Phi) is 9.51. The van der Waals surface area contributed by atoms with Crippen molar-refractivity contribution in [3.05, 3.63) is 71.4 Å². The zero-order chi connectivity index (χ0) is 29.7. The second kappa shape index (κ2) is 12.9. The van der Waals surface area contributed by atoms with Crippen LogP contribution in [-0.4, -0.2) is 74.2 Å². The summed E-state index contributed by atoms with van der Waals surface area (Å²) in [6.45, 7) is 3.82. The average molecular weight is 605 g/mol. The number of nitrogens with one attached hydrogen (secondary N) is 2. The summed E-state index contributed by atoms with van der Waals surface area (Å²) in [5.74, 6) is -0.525. The molecular weight excluding hydrogens is 571 g/mol. The summed E-state index contributed by atoms with van der Waals surface area (Å²) in [7, 11) is -2.21. The second-order valence-corrected chi connectivity index (χ2v) is 12.9. The Morgan fingerprint density at radius 3 is 2.59 bits per heavy atom. The first-order valence-electron chi connectivity index (χ1n) is 13.0. The number of urea groups is 1. The first-order chi connectivity index (χ1) is 19.5. The minimum Gasteiger partial charge on any atom is -0.488 e. The number of rotatable bonds is 8. The van der Waals surface area contributed by atoms with Crippen LogP contribution in [0.3, 0.4) is 0 Å². The van der Waals surface area contributed by atoms with E-state index >= 15 is 0 Å². The molecular formula is C28H33FN4O6S2. The molecule has 3 N–H and O–H groups in total. The number of ether oxygens (including phenoxy) is 1. The maximum Gasteiger partial charge on any atom is 0.321 e. The van der Waals surface area contributed by atoms with Gasteiger partial charge in [-0.3, -0.25) is 9.52 Å². The van der Waals surface area contributed by atoms with Crippen molar-refractivity contribution in [2.45, 2.75) is 36.6 Å². The van der Waals surface area contributed by atoms with Crippen molar-refractivity contribution < 1.29 is 32.2 Å². The molecule has 2 heterocycles. The number of likely N-dealkylation sites (N-methyl/N-ethyl adjacent to an activating group) is 1. The van der Waals surface area contributed by atoms with Crippen LogP contribution in [0.5, 0.6) is 5.75 Å². The molecule has 4 rings (SSSR count). The van der Waals surface area contributed by atoms with Gasteiger partial charge in [0.1, 0.15) is 21.9 Å². The lowest BCUT2D eigenvalue weighted by molar-refractivity contribution is -0.134. The zero-order valence-electron chi connectivity index (χ0n) is 22.9. The van der Waals surface area contributed by atoms with Gasteiger partial charge in [-0.15, -0.1) is 11.3 Å². The molecule has 1 aromatic heterocycles. The van der Waals surface area contributed by atoms with Crippen LogP contribution in [0.4, 0.5) is 20.6 Å². The first kappa shape index (κ1) is 30.3. The molecule has 0 radical (unpaired) electrons. The lowest BCUT2D eigenvalue weighted by Crippen LogP contribution is -2.48. The van der Waals surface area contributed by atoms with E-state index in [1.807, 2.05) is 6.92 Å². The quantitative estimate of drug-likeness (QED) is 0.357. The van der Waals surface area contributed by atoms with Gasteiger partial charge in [0.2, 0.25) is 5.91 Å². The molecule has 3 atom stereocenters. The fourth-order valence-electron chi connectivity index (χ4n) is 4.44. The van der Waals surface area contributed by atoms with Crippen LogP contribution in [0.25, 0.3) is 0 Å². The fraction of sp³-hybridized carbons (Fsp3) is 0.357. The molecule has 10 nitrogen and oxygen atoms in total. The predicted octanol–water partition coefficient (Wildman–Crippen LogP) is 4.00. The van der Waals surface area contributed by atoms with E-state index < -0.39 is 34.0 Å². The molecule has 3 aromatic rings. The van der Waals surface area contributed by atoms with Crippen LogP contribution in [0.2, 0.25) is 0 Å². The highest BCUT2D eigenvalue weighted by atomic mass is 32.2. The largest absolute Gasteiger partial charge is 0.488 e. The van der Waals surface area contributed by atoms with Crippen LogP contribution >= 0.6 is 11.3 Å². The minimum atomic E-state index is -3.81. The van der Waals surface area contributed by atoms with Crippen molar-refractivity contribution in [2.75, 3.05) is 36.8 Å². The number of hydrogen-bond acceptors (Lipinski definition) is 7. The van der Waals surface area contributed by atoms with E-state index in [1.54, 1.807) is 48.5 Å². The van der Waals surface area contributed by atoms with E-state index in [1.165, 1.54) is 35.2 Å². The number of fused-ring (bicyclic) bond motifs is 1. The van der Waals surface area contributed by atoms with Crippen molar-refractivity contribution in [2.24, 2.45) is 5.92 Å². The molecule has 0 fully saturated rings. The molecule has 2 aromatic carbocycles. The van der Waals surface area contributed by atoms with Crippen LogP contribution in [-0.2, 0) is 21.2 Å². The van der Waals surface area contributed by atoms with Gasteiger partial charge in [-0.05, 0) is 60.8 Å². The number of benzene rings is 2. The molecule has 3 amide bonds. The van der Waals surface area contributed by atoms with Crippen LogP contribution in [0, 0.1) is 11.7 Å². The summed E-state index contributed by atoms with van der Waals surface area (Å²) in [5.41, 5.74) is 1.17. The number of hydrogen-bond donors (Lipinski definition) is 3. The molecule has 1 aliphatic heterocycles. The van der Waals surface area contributed by atoms with Gasteiger partial charge in [0, 0.05) is 36.4 Å². The lowest BCUT2D eigenvalue weighted by atomic mass is 10.0. The number of aliphatic hydroxyl groups is 1. The third kappa shape index (κ3) is 7.54. The number of nitrogens with zero attached hydrogens (tertiary/aromatic N) is 2. The van der Waals surface area contributed by atoms with Crippen molar-refractivity contribution >= 4 is 44.7 Å². The average Bonchev–Trinajstić information content (AvgIpc) is 3.50. The normalized spacial score (nSPS) is 18.3. The number of aliphatic hydroxyl groups excluding tert-OH is 1. The van der Waals surface area contributed by atoms with E-state index in [0.717, 1.165) is 11.3 Å². The number of halogens is 1. The van der Waals surface area contributed by atoms with Crippen molar-refractivity contribution in [3.63, 3.8) is 0 Å². The Bertz CT molecular complexity index is 1470. The summed E-state index contributed by atoms with van der Waals surface area (Å²) < 4.78 is 47.9. The highest BCUT2D eigenvalue weighted by Gasteiger charge is 2.32. The number of thiophene rings is 1. The van der Waals surface area contributed by atoms with Gasteiger partial charge in [-0.25, -0.2) is 17.6 Å². The molecule has 0 spiro atoms. The highest BCUT2D eigenvalue weighted by molar-refractivity contribution is 7.94. The van der Waals surface area contributed by atoms with Crippen molar-refractivity contribution in [1.82, 2.24) is 9.80 Å². The zero-order valence-corrected chi connectivity index (χ0v) is 24.5. The van der Waals surface area contributed by atoms with Crippen molar-refractivity contribution in [3.8, 4) is 5.75 Å². The molecule has 13 heteroatoms. The topological polar surface area (TPSA) is 128 Å². The smallest absolute Gasteiger partial charge is 0.321 e. The van der Waals surface area contributed by atoms with Gasteiger partial charge in [0.15, 0.2) is 0 Å². The SMILES string of the molecule is C[C@@H]1CN([C@@H](C)CO)C(=O)Cc2cc(NS(=O)(=O)c3cccs3)ccc2O[C@@H]1CN(C)C(=O)Nc1ccc(F)cc1. The third-order valence-electron chi connectivity index (χ3n) is 6.82. The number of anilines is 2. The maximum absolute atomic E-state index is 13.4. The van der Waals surface area contributed by atoms with Gasteiger partial charge in [0.05, 0.1) is 25.6 Å². The molecule has 0 saturated heterocycles. The van der Waals surface area contributed by atoms with Gasteiger partial charge in [-0.1, -0.05) is 13.0 Å². The summed E-state index contributed by atoms with van der Waals surface area (Å²) in [6.07, 6.45) is -0.639. The molecule has 1 aliphatic rings. The fourth-order valence-corrected chi connectivity index (χ4v) is 6.48. The van der Waals surface area contributed by atoms with Crippen LogP contribution in [0.1, 0.15) is 19.4 Å². The molecule has 0 bridgehead atoms. The summed E-state index contributed by atoms with van der Waals surface area (Å²) >= 11 is 1.09. The number of amides is 3.